The van der Waals surface area contributed by atoms with Gasteiger partial charge in [0, 0.05) is 18.1 Å². The summed E-state index contributed by atoms with van der Waals surface area (Å²) in [4.78, 5) is 20.7. The fourth-order valence-electron chi connectivity index (χ4n) is 2.30. The quantitative estimate of drug-likeness (QED) is 0.629. The SMILES string of the molecule is Cc1ccc(C)c(NC(=O)c2cnc(Nc3c(Cl)cccc3Cl)nc2)c1. The number of hydrogen-bond donors (Lipinski definition) is 2. The predicted octanol–water partition coefficient (Wildman–Crippen LogP) is 5.40. The van der Waals surface area contributed by atoms with E-state index in [0.717, 1.165) is 16.8 Å². The Balaban J connectivity index is 1.75. The summed E-state index contributed by atoms with van der Waals surface area (Å²) in [6.45, 7) is 3.91. The summed E-state index contributed by atoms with van der Waals surface area (Å²) in [5.74, 6) is 0.0179. The molecule has 0 radical (unpaired) electrons. The van der Waals surface area contributed by atoms with E-state index in [4.69, 9.17) is 23.2 Å². The molecule has 3 rings (SSSR count). The topological polar surface area (TPSA) is 66.9 Å². The van der Waals surface area contributed by atoms with Crippen LogP contribution in [0.15, 0.2) is 48.8 Å². The van der Waals surface area contributed by atoms with E-state index in [1.54, 1.807) is 18.2 Å². The number of nitrogens with zero attached hydrogens (tertiary/aromatic N) is 2. The van der Waals surface area contributed by atoms with Crippen LogP contribution in [0.4, 0.5) is 17.3 Å². The van der Waals surface area contributed by atoms with Crippen LogP contribution in [0.1, 0.15) is 21.5 Å². The Morgan fingerprint density at radius 3 is 2.31 bits per heavy atom. The van der Waals surface area contributed by atoms with Crippen molar-refractivity contribution in [3.8, 4) is 0 Å². The van der Waals surface area contributed by atoms with Crippen molar-refractivity contribution < 1.29 is 4.79 Å². The summed E-state index contributed by atoms with van der Waals surface area (Å²) in [5.41, 5.74) is 3.68. The van der Waals surface area contributed by atoms with Gasteiger partial charge < -0.3 is 10.6 Å². The first-order chi connectivity index (χ1) is 12.4. The van der Waals surface area contributed by atoms with Gasteiger partial charge in [0.15, 0.2) is 0 Å². The van der Waals surface area contributed by atoms with Gasteiger partial charge in [-0.1, -0.05) is 41.4 Å². The van der Waals surface area contributed by atoms with Crippen molar-refractivity contribution >= 4 is 46.4 Å². The van der Waals surface area contributed by atoms with Crippen molar-refractivity contribution in [2.45, 2.75) is 13.8 Å². The predicted molar refractivity (Wildman–Crippen MR) is 106 cm³/mol. The lowest BCUT2D eigenvalue weighted by molar-refractivity contribution is 0.102. The number of rotatable bonds is 4. The van der Waals surface area contributed by atoms with Crippen molar-refractivity contribution in [2.24, 2.45) is 0 Å². The lowest BCUT2D eigenvalue weighted by Gasteiger charge is -2.10. The third-order valence-corrected chi connectivity index (χ3v) is 4.38. The Bertz CT molecular complexity index is 938. The van der Waals surface area contributed by atoms with Gasteiger partial charge in [0.2, 0.25) is 5.95 Å². The smallest absolute Gasteiger partial charge is 0.258 e. The monoisotopic (exact) mass is 386 g/mol. The number of aromatic nitrogens is 2. The molecular formula is C19H16Cl2N4O. The molecule has 0 aliphatic heterocycles. The highest BCUT2D eigenvalue weighted by Crippen LogP contribution is 2.31. The normalized spacial score (nSPS) is 10.5. The van der Waals surface area contributed by atoms with Crippen LogP contribution in [0.5, 0.6) is 0 Å². The number of benzene rings is 2. The van der Waals surface area contributed by atoms with E-state index < -0.39 is 0 Å². The van der Waals surface area contributed by atoms with E-state index in [-0.39, 0.29) is 5.91 Å². The second kappa shape index (κ2) is 7.72. The number of hydrogen-bond acceptors (Lipinski definition) is 4. The number of amides is 1. The first kappa shape index (κ1) is 18.2. The third-order valence-electron chi connectivity index (χ3n) is 3.75. The zero-order chi connectivity index (χ0) is 18.7. The van der Waals surface area contributed by atoms with E-state index in [1.165, 1.54) is 12.4 Å². The van der Waals surface area contributed by atoms with Crippen molar-refractivity contribution in [1.82, 2.24) is 9.97 Å². The molecule has 0 bridgehead atoms. The number of aryl methyl sites for hydroxylation is 2. The average Bonchev–Trinajstić information content (AvgIpc) is 2.62. The van der Waals surface area contributed by atoms with Gasteiger partial charge in [0.05, 0.1) is 21.3 Å². The molecule has 0 unspecified atom stereocenters. The van der Waals surface area contributed by atoms with E-state index in [9.17, 15) is 4.79 Å². The van der Waals surface area contributed by atoms with E-state index >= 15 is 0 Å². The molecule has 2 N–H and O–H groups in total. The van der Waals surface area contributed by atoms with Crippen molar-refractivity contribution in [1.29, 1.82) is 0 Å². The Labute approximate surface area is 161 Å². The van der Waals surface area contributed by atoms with Crippen LogP contribution < -0.4 is 10.6 Å². The number of halogens is 2. The maximum absolute atomic E-state index is 12.4. The molecule has 0 aliphatic rings. The van der Waals surface area contributed by atoms with Crippen LogP contribution in [-0.4, -0.2) is 15.9 Å². The van der Waals surface area contributed by atoms with Crippen LogP contribution in [0.3, 0.4) is 0 Å². The second-order valence-electron chi connectivity index (χ2n) is 5.79. The summed E-state index contributed by atoms with van der Waals surface area (Å²) in [7, 11) is 0. The molecule has 0 saturated carbocycles. The van der Waals surface area contributed by atoms with E-state index in [1.807, 2.05) is 32.0 Å². The Kier molecular flexibility index (Phi) is 5.40. The van der Waals surface area contributed by atoms with Gasteiger partial charge in [0.25, 0.3) is 5.91 Å². The fraction of sp³-hybridized carbons (Fsp3) is 0.105. The van der Waals surface area contributed by atoms with Gasteiger partial charge >= 0.3 is 0 Å². The summed E-state index contributed by atoms with van der Waals surface area (Å²) in [6, 6.07) is 11.0. The molecule has 1 heterocycles. The third kappa shape index (κ3) is 4.12. The number of nitrogens with one attached hydrogen (secondary N) is 2. The molecule has 2 aromatic carbocycles. The molecule has 0 spiro atoms. The fourth-order valence-corrected chi connectivity index (χ4v) is 2.80. The number of carbonyl (C=O) groups excluding carboxylic acids is 1. The Morgan fingerprint density at radius 2 is 1.65 bits per heavy atom. The van der Waals surface area contributed by atoms with Crippen LogP contribution in [0.2, 0.25) is 10.0 Å². The van der Waals surface area contributed by atoms with E-state index in [0.29, 0.717) is 27.2 Å². The molecule has 3 aromatic rings. The lowest BCUT2D eigenvalue weighted by atomic mass is 10.1. The van der Waals surface area contributed by atoms with Crippen LogP contribution in [0, 0.1) is 13.8 Å². The second-order valence-corrected chi connectivity index (χ2v) is 6.60. The maximum Gasteiger partial charge on any atom is 0.258 e. The van der Waals surface area contributed by atoms with Gasteiger partial charge in [-0.15, -0.1) is 0 Å². The summed E-state index contributed by atoms with van der Waals surface area (Å²) < 4.78 is 0. The molecule has 132 valence electrons. The van der Waals surface area contributed by atoms with Gasteiger partial charge in [0.1, 0.15) is 0 Å². The molecule has 0 saturated heterocycles. The van der Waals surface area contributed by atoms with Gasteiger partial charge in [-0.25, -0.2) is 9.97 Å². The number of para-hydroxylation sites is 1. The first-order valence-corrected chi connectivity index (χ1v) is 8.61. The zero-order valence-electron chi connectivity index (χ0n) is 14.2. The molecule has 0 atom stereocenters. The number of anilines is 3. The van der Waals surface area contributed by atoms with Crippen LogP contribution in [-0.2, 0) is 0 Å². The Morgan fingerprint density at radius 1 is 1.00 bits per heavy atom. The highest BCUT2D eigenvalue weighted by atomic mass is 35.5. The molecule has 1 amide bonds. The van der Waals surface area contributed by atoms with Crippen molar-refractivity contribution in [2.75, 3.05) is 10.6 Å². The minimum Gasteiger partial charge on any atom is -0.322 e. The van der Waals surface area contributed by atoms with E-state index in [2.05, 4.69) is 20.6 Å². The van der Waals surface area contributed by atoms with Gasteiger partial charge in [-0.2, -0.15) is 0 Å². The molecule has 7 heteroatoms. The Hall–Kier alpha value is -2.63. The van der Waals surface area contributed by atoms with Gasteiger partial charge in [-0.3, -0.25) is 4.79 Å². The first-order valence-electron chi connectivity index (χ1n) is 7.86. The van der Waals surface area contributed by atoms with Crippen molar-refractivity contribution in [3.63, 3.8) is 0 Å². The molecule has 26 heavy (non-hydrogen) atoms. The zero-order valence-corrected chi connectivity index (χ0v) is 15.7. The molecule has 0 fully saturated rings. The van der Waals surface area contributed by atoms with Crippen LogP contribution in [0.25, 0.3) is 0 Å². The minimum atomic E-state index is -0.277. The highest BCUT2D eigenvalue weighted by molar-refractivity contribution is 6.39. The van der Waals surface area contributed by atoms with Gasteiger partial charge in [-0.05, 0) is 43.2 Å². The lowest BCUT2D eigenvalue weighted by Crippen LogP contribution is -2.14. The molecule has 1 aromatic heterocycles. The van der Waals surface area contributed by atoms with Crippen LogP contribution >= 0.6 is 23.2 Å². The average molecular weight is 387 g/mol. The summed E-state index contributed by atoms with van der Waals surface area (Å²) >= 11 is 12.2. The number of carbonyl (C=O) groups is 1. The minimum absolute atomic E-state index is 0.277. The largest absolute Gasteiger partial charge is 0.322 e. The standard InChI is InChI=1S/C19H16Cl2N4O/c1-11-6-7-12(2)16(8-11)24-18(26)13-9-22-19(23-10-13)25-17-14(20)4-3-5-15(17)21/h3-10H,1-2H3,(H,24,26)(H,22,23,25). The summed E-state index contributed by atoms with van der Waals surface area (Å²) in [5, 5.41) is 6.74. The highest BCUT2D eigenvalue weighted by Gasteiger charge is 2.11. The molecular weight excluding hydrogens is 371 g/mol. The maximum atomic E-state index is 12.4. The molecule has 0 aliphatic carbocycles. The van der Waals surface area contributed by atoms with Crippen molar-refractivity contribution in [3.05, 3.63) is 75.5 Å². The molecule has 5 nitrogen and oxygen atoms in total. The summed E-state index contributed by atoms with van der Waals surface area (Å²) in [6.07, 6.45) is 2.89.